The fourth-order valence-corrected chi connectivity index (χ4v) is 5.00. The summed E-state index contributed by atoms with van der Waals surface area (Å²) in [4.78, 5) is 24.7. The van der Waals surface area contributed by atoms with Crippen molar-refractivity contribution in [2.45, 2.75) is 31.0 Å². The second-order valence-electron chi connectivity index (χ2n) is 6.94. The molecule has 1 aliphatic heterocycles. The molecule has 3 rings (SSSR count). The summed E-state index contributed by atoms with van der Waals surface area (Å²) in [5, 5.41) is 1.45. The van der Waals surface area contributed by atoms with Crippen molar-refractivity contribution in [3.63, 3.8) is 0 Å². The van der Waals surface area contributed by atoms with Crippen LogP contribution in [0.5, 0.6) is 5.75 Å². The van der Waals surface area contributed by atoms with Crippen LogP contribution in [-0.2, 0) is 47.8 Å². The zero-order valence-electron chi connectivity index (χ0n) is 17.9. The number of fused-ring (bicyclic) bond motifs is 1. The summed E-state index contributed by atoms with van der Waals surface area (Å²) >= 11 is 3.48. The minimum atomic E-state index is -4.50. The van der Waals surface area contributed by atoms with Crippen LogP contribution in [0.25, 0.3) is 10.8 Å². The van der Waals surface area contributed by atoms with Crippen molar-refractivity contribution < 1.29 is 45.9 Å². The second kappa shape index (κ2) is 9.72. The first-order valence-corrected chi connectivity index (χ1v) is 12.4. The van der Waals surface area contributed by atoms with Gasteiger partial charge in [-0.2, -0.15) is 8.42 Å². The SMILES string of the molecule is COC(=O)[C@@H]1OC(c2ccc3c(Br)c(OC)ccc3c2)([C@H](C)OS(=O)(=O)Cl)O[C@H]1C(=O)OC. The maximum absolute atomic E-state index is 12.4. The van der Waals surface area contributed by atoms with E-state index in [2.05, 4.69) is 15.9 Å². The molecule has 0 spiro atoms. The van der Waals surface area contributed by atoms with Gasteiger partial charge in [0, 0.05) is 16.2 Å². The highest BCUT2D eigenvalue weighted by atomic mass is 79.9. The van der Waals surface area contributed by atoms with Gasteiger partial charge >= 0.3 is 21.3 Å². The average molecular weight is 568 g/mol. The quantitative estimate of drug-likeness (QED) is 0.364. The van der Waals surface area contributed by atoms with E-state index in [1.807, 2.05) is 0 Å². The number of carbonyl (C=O) groups excluding carboxylic acids is 2. The van der Waals surface area contributed by atoms with Crippen LogP contribution in [0.2, 0.25) is 0 Å². The van der Waals surface area contributed by atoms with Gasteiger partial charge in [0.25, 0.3) is 0 Å². The summed E-state index contributed by atoms with van der Waals surface area (Å²) in [7, 11) is 4.53. The maximum atomic E-state index is 12.4. The van der Waals surface area contributed by atoms with Gasteiger partial charge in [-0.25, -0.2) is 13.8 Å². The van der Waals surface area contributed by atoms with E-state index in [9.17, 15) is 18.0 Å². The monoisotopic (exact) mass is 566 g/mol. The van der Waals surface area contributed by atoms with Crippen LogP contribution >= 0.6 is 26.6 Å². The van der Waals surface area contributed by atoms with Crippen molar-refractivity contribution >= 4 is 58.7 Å². The molecule has 1 aliphatic rings. The van der Waals surface area contributed by atoms with Crippen molar-refractivity contribution in [3.8, 4) is 5.75 Å². The molecule has 13 heteroatoms. The zero-order chi connectivity index (χ0) is 24.6. The molecule has 0 saturated carbocycles. The Morgan fingerprint density at radius 2 is 1.64 bits per heavy atom. The Kier molecular flexibility index (Phi) is 7.56. The lowest BCUT2D eigenvalue weighted by Crippen LogP contribution is -2.42. The molecule has 1 heterocycles. The lowest BCUT2D eigenvalue weighted by Gasteiger charge is -2.33. The van der Waals surface area contributed by atoms with Crippen LogP contribution in [-0.4, -0.2) is 60.0 Å². The van der Waals surface area contributed by atoms with Gasteiger partial charge in [0.2, 0.25) is 5.79 Å². The molecule has 1 saturated heterocycles. The highest BCUT2D eigenvalue weighted by molar-refractivity contribution is 9.10. The lowest BCUT2D eigenvalue weighted by atomic mass is 9.97. The van der Waals surface area contributed by atoms with Crippen molar-refractivity contribution in [2.24, 2.45) is 0 Å². The molecule has 1 fully saturated rings. The van der Waals surface area contributed by atoms with Crippen LogP contribution < -0.4 is 4.74 Å². The normalized spacial score (nSPS) is 20.9. The fraction of sp³-hybridized carbons (Fsp3) is 0.400. The number of esters is 2. The van der Waals surface area contributed by atoms with Gasteiger partial charge in [-0.15, -0.1) is 0 Å². The Balaban J connectivity index is 2.20. The summed E-state index contributed by atoms with van der Waals surface area (Å²) in [6.45, 7) is 1.31. The topological polar surface area (TPSA) is 124 Å². The zero-order valence-corrected chi connectivity index (χ0v) is 21.0. The third-order valence-corrected chi connectivity index (χ3v) is 6.64. The van der Waals surface area contributed by atoms with E-state index in [-0.39, 0.29) is 5.56 Å². The maximum Gasteiger partial charge on any atom is 0.356 e. The number of methoxy groups -OCH3 is 3. The Hall–Kier alpha value is -1.96. The van der Waals surface area contributed by atoms with Gasteiger partial charge in [-0.1, -0.05) is 18.2 Å². The Bertz CT molecular complexity index is 1160. The van der Waals surface area contributed by atoms with Gasteiger partial charge < -0.3 is 23.7 Å². The molecule has 2 aromatic rings. The molecule has 0 radical (unpaired) electrons. The predicted molar refractivity (Wildman–Crippen MR) is 119 cm³/mol. The van der Waals surface area contributed by atoms with E-state index in [1.54, 1.807) is 30.3 Å². The summed E-state index contributed by atoms with van der Waals surface area (Å²) in [6.07, 6.45) is -4.56. The van der Waals surface area contributed by atoms with Crippen LogP contribution in [0.4, 0.5) is 0 Å². The van der Waals surface area contributed by atoms with Crippen molar-refractivity contribution in [1.29, 1.82) is 0 Å². The molecule has 180 valence electrons. The van der Waals surface area contributed by atoms with Crippen molar-refractivity contribution in [1.82, 2.24) is 0 Å². The number of carbonyl (C=O) groups is 2. The molecule has 0 bridgehead atoms. The molecule has 0 N–H and O–H groups in total. The van der Waals surface area contributed by atoms with E-state index < -0.39 is 45.4 Å². The molecule has 0 unspecified atom stereocenters. The summed E-state index contributed by atoms with van der Waals surface area (Å²) in [6, 6.07) is 8.38. The highest BCUT2D eigenvalue weighted by Gasteiger charge is 2.59. The number of hydrogen-bond donors (Lipinski definition) is 0. The van der Waals surface area contributed by atoms with E-state index >= 15 is 0 Å². The van der Waals surface area contributed by atoms with Crippen LogP contribution in [0.3, 0.4) is 0 Å². The van der Waals surface area contributed by atoms with Gasteiger partial charge in [0.1, 0.15) is 11.9 Å². The van der Waals surface area contributed by atoms with Gasteiger partial charge in [0.05, 0.1) is 25.8 Å². The number of halogens is 2. The predicted octanol–water partition coefficient (Wildman–Crippen LogP) is 2.78. The molecule has 10 nitrogen and oxygen atoms in total. The van der Waals surface area contributed by atoms with Gasteiger partial charge in [-0.05, 0) is 45.8 Å². The van der Waals surface area contributed by atoms with E-state index in [0.29, 0.717) is 15.6 Å². The molecule has 0 amide bonds. The number of hydrogen-bond acceptors (Lipinski definition) is 10. The van der Waals surface area contributed by atoms with E-state index in [1.165, 1.54) is 14.0 Å². The Morgan fingerprint density at radius 1 is 1.06 bits per heavy atom. The lowest BCUT2D eigenvalue weighted by molar-refractivity contribution is -0.233. The van der Waals surface area contributed by atoms with E-state index in [4.69, 9.17) is 38.5 Å². The highest BCUT2D eigenvalue weighted by Crippen LogP contribution is 2.45. The average Bonchev–Trinajstić information content (AvgIpc) is 3.19. The molecular weight excluding hydrogens is 548 g/mol. The molecule has 33 heavy (non-hydrogen) atoms. The van der Waals surface area contributed by atoms with E-state index in [0.717, 1.165) is 19.6 Å². The Morgan fingerprint density at radius 3 is 2.12 bits per heavy atom. The first-order valence-electron chi connectivity index (χ1n) is 9.38. The first kappa shape index (κ1) is 25.7. The molecule has 0 aliphatic carbocycles. The number of rotatable bonds is 7. The smallest absolute Gasteiger partial charge is 0.356 e. The van der Waals surface area contributed by atoms with Gasteiger partial charge in [-0.3, -0.25) is 0 Å². The molecule has 2 aromatic carbocycles. The van der Waals surface area contributed by atoms with Gasteiger partial charge in [0.15, 0.2) is 12.2 Å². The standard InChI is InChI=1S/C20H20BrClO10S/c1-10(32-33(22,25)26)20(30-16(18(23)28-3)17(31-20)19(24)29-4)12-6-7-13-11(9-12)5-8-14(27-2)15(13)21/h5-10,16-17H,1-4H3/t10-,16+,17+/m0/s1. The largest absolute Gasteiger partial charge is 0.496 e. The third-order valence-electron chi connectivity index (χ3n) is 5.08. The van der Waals surface area contributed by atoms with Crippen LogP contribution in [0.15, 0.2) is 34.8 Å². The minimum Gasteiger partial charge on any atom is -0.496 e. The molecule has 0 aromatic heterocycles. The number of benzene rings is 2. The fourth-order valence-electron chi connectivity index (χ4n) is 3.55. The number of ether oxygens (including phenoxy) is 5. The summed E-state index contributed by atoms with van der Waals surface area (Å²) in [5.41, 5.74) is 0.250. The van der Waals surface area contributed by atoms with Crippen molar-refractivity contribution in [2.75, 3.05) is 21.3 Å². The molecule has 3 atom stereocenters. The summed E-state index contributed by atoms with van der Waals surface area (Å²) < 4.78 is 55.5. The third kappa shape index (κ3) is 4.96. The van der Waals surface area contributed by atoms with Crippen LogP contribution in [0.1, 0.15) is 12.5 Å². The second-order valence-corrected chi connectivity index (χ2v) is 9.85. The van der Waals surface area contributed by atoms with Crippen LogP contribution in [0, 0.1) is 0 Å². The minimum absolute atomic E-state index is 0.250. The van der Waals surface area contributed by atoms with Crippen molar-refractivity contribution in [3.05, 3.63) is 40.4 Å². The molecular formula is C20H20BrClO10S. The Labute approximate surface area is 202 Å². The summed E-state index contributed by atoms with van der Waals surface area (Å²) in [5.74, 6) is -3.30. The first-order chi connectivity index (χ1) is 15.5.